The minimum atomic E-state index is -0.457. The van der Waals surface area contributed by atoms with Crippen molar-refractivity contribution >= 4 is 21.8 Å². The Morgan fingerprint density at radius 1 is 1.60 bits per heavy atom. The number of alkyl halides is 1. The summed E-state index contributed by atoms with van der Waals surface area (Å²) < 4.78 is -0.457. The van der Waals surface area contributed by atoms with E-state index in [2.05, 4.69) is 33.1 Å². The minimum Gasteiger partial charge on any atom is -0.351 e. The fraction of sp³-hybridized carbons (Fsp3) is 0.909. The van der Waals surface area contributed by atoms with Gasteiger partial charge in [-0.05, 0) is 39.8 Å². The molecule has 0 aromatic carbocycles. The number of nitrogens with zero attached hydrogens (tertiary/aromatic N) is 1. The lowest BCUT2D eigenvalue weighted by atomic mass is 10.0. The molecule has 1 atom stereocenters. The number of amides is 1. The predicted octanol–water partition coefficient (Wildman–Crippen LogP) is 1.76. The average Bonchev–Trinajstić information content (AvgIpc) is 2.16. The standard InChI is InChI=1S/C11H21BrN2O/c1-4-14-7-5-6-9(8-14)13-10(15)11(2,3)12/h9H,4-8H2,1-3H3,(H,13,15). The van der Waals surface area contributed by atoms with Crippen LogP contribution < -0.4 is 5.32 Å². The number of piperidine rings is 1. The van der Waals surface area contributed by atoms with E-state index in [-0.39, 0.29) is 5.91 Å². The van der Waals surface area contributed by atoms with Gasteiger partial charge in [-0.25, -0.2) is 0 Å². The van der Waals surface area contributed by atoms with E-state index in [0.29, 0.717) is 6.04 Å². The number of carbonyl (C=O) groups is 1. The van der Waals surface area contributed by atoms with Crippen LogP contribution in [0.5, 0.6) is 0 Å². The van der Waals surface area contributed by atoms with Crippen LogP contribution in [0.1, 0.15) is 33.6 Å². The molecule has 1 saturated heterocycles. The monoisotopic (exact) mass is 276 g/mol. The summed E-state index contributed by atoms with van der Waals surface area (Å²) in [6.07, 6.45) is 2.28. The van der Waals surface area contributed by atoms with Crippen molar-refractivity contribution in [1.29, 1.82) is 0 Å². The number of nitrogens with one attached hydrogen (secondary N) is 1. The molecule has 4 heteroatoms. The van der Waals surface area contributed by atoms with Crippen molar-refractivity contribution < 1.29 is 4.79 Å². The van der Waals surface area contributed by atoms with Crippen molar-refractivity contribution in [2.24, 2.45) is 0 Å². The Kier molecular flexibility index (Phi) is 4.59. The number of likely N-dealkylation sites (tertiary alicyclic amines) is 1. The lowest BCUT2D eigenvalue weighted by Gasteiger charge is -2.33. The Balaban J connectivity index is 2.41. The van der Waals surface area contributed by atoms with Crippen molar-refractivity contribution in [1.82, 2.24) is 10.2 Å². The Morgan fingerprint density at radius 2 is 2.27 bits per heavy atom. The Morgan fingerprint density at radius 3 is 2.80 bits per heavy atom. The Hall–Kier alpha value is -0.0900. The van der Waals surface area contributed by atoms with E-state index in [9.17, 15) is 4.79 Å². The highest BCUT2D eigenvalue weighted by Crippen LogP contribution is 2.17. The third kappa shape index (κ3) is 4.11. The van der Waals surface area contributed by atoms with Crippen LogP contribution in [0.2, 0.25) is 0 Å². The van der Waals surface area contributed by atoms with E-state index in [1.54, 1.807) is 0 Å². The molecule has 0 radical (unpaired) electrons. The summed E-state index contributed by atoms with van der Waals surface area (Å²) in [5, 5.41) is 3.10. The van der Waals surface area contributed by atoms with Gasteiger partial charge in [0.15, 0.2) is 0 Å². The minimum absolute atomic E-state index is 0.0884. The number of hydrogen-bond acceptors (Lipinski definition) is 2. The highest BCUT2D eigenvalue weighted by atomic mass is 79.9. The Bertz CT molecular complexity index is 225. The summed E-state index contributed by atoms with van der Waals surface area (Å²) in [6.45, 7) is 9.15. The fourth-order valence-corrected chi connectivity index (χ4v) is 1.93. The van der Waals surface area contributed by atoms with E-state index in [1.165, 1.54) is 13.0 Å². The van der Waals surface area contributed by atoms with Crippen LogP contribution in [0.25, 0.3) is 0 Å². The summed E-state index contributed by atoms with van der Waals surface area (Å²) >= 11 is 3.38. The number of carbonyl (C=O) groups excluding carboxylic acids is 1. The predicted molar refractivity (Wildman–Crippen MR) is 66.3 cm³/mol. The molecule has 1 aliphatic rings. The molecule has 0 aromatic rings. The van der Waals surface area contributed by atoms with Gasteiger partial charge in [-0.2, -0.15) is 0 Å². The molecule has 1 unspecified atom stereocenters. The van der Waals surface area contributed by atoms with E-state index in [1.807, 2.05) is 13.8 Å². The van der Waals surface area contributed by atoms with E-state index in [0.717, 1.165) is 19.5 Å². The molecule has 0 bridgehead atoms. The molecule has 0 aromatic heterocycles. The largest absolute Gasteiger partial charge is 0.351 e. The first-order valence-corrected chi connectivity index (χ1v) is 6.45. The third-order valence-electron chi connectivity index (χ3n) is 2.83. The van der Waals surface area contributed by atoms with E-state index >= 15 is 0 Å². The molecule has 3 nitrogen and oxygen atoms in total. The van der Waals surface area contributed by atoms with Crippen LogP contribution in [0.3, 0.4) is 0 Å². The second-order valence-electron chi connectivity index (χ2n) is 4.68. The van der Waals surface area contributed by atoms with Crippen LogP contribution >= 0.6 is 15.9 Å². The zero-order valence-electron chi connectivity index (χ0n) is 9.85. The Labute approximate surface area is 101 Å². The SMILES string of the molecule is CCN1CCCC(NC(=O)C(C)(C)Br)C1. The second-order valence-corrected chi connectivity index (χ2v) is 6.66. The maximum absolute atomic E-state index is 11.8. The first kappa shape index (κ1) is 13.0. The molecular weight excluding hydrogens is 256 g/mol. The van der Waals surface area contributed by atoms with Crippen LogP contribution in [0, 0.1) is 0 Å². The number of likely N-dealkylation sites (N-methyl/N-ethyl adjacent to an activating group) is 1. The lowest BCUT2D eigenvalue weighted by molar-refractivity contribution is -0.123. The van der Waals surface area contributed by atoms with Crippen LogP contribution in [-0.4, -0.2) is 40.8 Å². The first-order valence-electron chi connectivity index (χ1n) is 5.65. The highest BCUT2D eigenvalue weighted by molar-refractivity contribution is 9.10. The molecule has 0 saturated carbocycles. The molecule has 1 aliphatic heterocycles. The molecular formula is C11H21BrN2O. The second kappa shape index (κ2) is 5.30. The zero-order valence-corrected chi connectivity index (χ0v) is 11.4. The molecule has 0 spiro atoms. The number of halogens is 1. The summed E-state index contributed by atoms with van der Waals surface area (Å²) in [6, 6.07) is 0.322. The molecule has 0 aliphatic carbocycles. The number of rotatable bonds is 3. The smallest absolute Gasteiger partial charge is 0.236 e. The topological polar surface area (TPSA) is 32.3 Å². The summed E-state index contributed by atoms with van der Waals surface area (Å²) in [5.74, 6) is 0.0884. The van der Waals surface area contributed by atoms with Gasteiger partial charge in [-0.1, -0.05) is 22.9 Å². The molecule has 15 heavy (non-hydrogen) atoms. The van der Waals surface area contributed by atoms with Crippen LogP contribution in [0.4, 0.5) is 0 Å². The maximum Gasteiger partial charge on any atom is 0.236 e. The van der Waals surface area contributed by atoms with Crippen molar-refractivity contribution in [3.05, 3.63) is 0 Å². The van der Waals surface area contributed by atoms with Crippen LogP contribution in [0.15, 0.2) is 0 Å². The first-order chi connectivity index (χ1) is 6.93. The zero-order chi connectivity index (χ0) is 11.5. The fourth-order valence-electron chi connectivity index (χ4n) is 1.82. The van der Waals surface area contributed by atoms with Crippen molar-refractivity contribution in [3.8, 4) is 0 Å². The molecule has 1 amide bonds. The molecule has 1 heterocycles. The normalized spacial score (nSPS) is 23.9. The van der Waals surface area contributed by atoms with Gasteiger partial charge >= 0.3 is 0 Å². The lowest BCUT2D eigenvalue weighted by Crippen LogP contribution is -2.51. The summed E-state index contributed by atoms with van der Waals surface area (Å²) in [4.78, 5) is 14.1. The van der Waals surface area contributed by atoms with Gasteiger partial charge in [0.2, 0.25) is 5.91 Å². The summed E-state index contributed by atoms with van der Waals surface area (Å²) in [7, 11) is 0. The van der Waals surface area contributed by atoms with Gasteiger partial charge < -0.3 is 10.2 Å². The van der Waals surface area contributed by atoms with Gasteiger partial charge in [-0.3, -0.25) is 4.79 Å². The summed E-state index contributed by atoms with van der Waals surface area (Å²) in [5.41, 5.74) is 0. The van der Waals surface area contributed by atoms with Gasteiger partial charge in [-0.15, -0.1) is 0 Å². The van der Waals surface area contributed by atoms with Crippen molar-refractivity contribution in [2.45, 2.75) is 44.0 Å². The molecule has 1 rings (SSSR count). The quantitative estimate of drug-likeness (QED) is 0.797. The van der Waals surface area contributed by atoms with E-state index in [4.69, 9.17) is 0 Å². The van der Waals surface area contributed by atoms with E-state index < -0.39 is 4.32 Å². The van der Waals surface area contributed by atoms with Gasteiger partial charge in [0, 0.05) is 12.6 Å². The van der Waals surface area contributed by atoms with Crippen LogP contribution in [-0.2, 0) is 4.79 Å². The van der Waals surface area contributed by atoms with Gasteiger partial charge in [0.05, 0.1) is 4.32 Å². The highest BCUT2D eigenvalue weighted by Gasteiger charge is 2.27. The van der Waals surface area contributed by atoms with Crippen molar-refractivity contribution in [3.63, 3.8) is 0 Å². The average molecular weight is 277 g/mol. The van der Waals surface area contributed by atoms with Gasteiger partial charge in [0.25, 0.3) is 0 Å². The van der Waals surface area contributed by atoms with Gasteiger partial charge in [0.1, 0.15) is 0 Å². The molecule has 1 N–H and O–H groups in total. The van der Waals surface area contributed by atoms with Crippen molar-refractivity contribution in [2.75, 3.05) is 19.6 Å². The number of hydrogen-bond donors (Lipinski definition) is 1. The third-order valence-corrected chi connectivity index (χ3v) is 3.19. The molecule has 88 valence electrons. The molecule has 1 fully saturated rings. The maximum atomic E-state index is 11.8.